The third kappa shape index (κ3) is 4.83. The predicted molar refractivity (Wildman–Crippen MR) is 136 cm³/mol. The van der Waals surface area contributed by atoms with Crippen molar-refractivity contribution in [1.82, 2.24) is 39.0 Å². The van der Waals surface area contributed by atoms with Gasteiger partial charge in [-0.1, -0.05) is 0 Å². The molecule has 0 aromatic carbocycles. The summed E-state index contributed by atoms with van der Waals surface area (Å²) in [6.45, 7) is -5.11. The fourth-order valence-corrected chi connectivity index (χ4v) is 5.91. The van der Waals surface area contributed by atoms with Crippen LogP contribution in [-0.2, 0) is 35.1 Å². The number of rotatable bonds is 3. The number of aliphatic hydroxyl groups is 2. The van der Waals surface area contributed by atoms with Crippen LogP contribution in [0.1, 0.15) is 12.5 Å². The molecule has 19 nitrogen and oxygen atoms in total. The number of ether oxygens (including phenoxy) is 3. The summed E-state index contributed by atoms with van der Waals surface area (Å²) in [7, 11) is 0. The second-order valence-corrected chi connectivity index (χ2v) is 11.6. The molecule has 2 aliphatic heterocycles. The largest absolute Gasteiger partial charge is 0.386 e. The molecular formula is C19H23N10O9PS. The van der Waals surface area contributed by atoms with Gasteiger partial charge in [0, 0.05) is 0 Å². The number of nitrogens with zero attached hydrogens (tertiary/aromatic N) is 7. The molecule has 40 heavy (non-hydrogen) atoms. The Morgan fingerprint density at radius 2 is 1.95 bits per heavy atom. The van der Waals surface area contributed by atoms with Crippen LogP contribution in [0.25, 0.3) is 22.3 Å². The third-order valence-corrected chi connectivity index (χ3v) is 7.92. The number of aliphatic hydroxyl groups excluding tert-OH is 2. The van der Waals surface area contributed by atoms with Crippen molar-refractivity contribution < 1.29 is 38.4 Å². The van der Waals surface area contributed by atoms with Crippen molar-refractivity contribution >= 4 is 52.6 Å². The molecular weight excluding hydrogens is 575 g/mol. The number of nitrogen functional groups attached to an aromatic ring is 2. The van der Waals surface area contributed by atoms with Crippen LogP contribution in [-0.4, -0.2) is 98.6 Å². The van der Waals surface area contributed by atoms with Gasteiger partial charge < -0.3 is 45.3 Å². The summed E-state index contributed by atoms with van der Waals surface area (Å²) in [5.41, 5.74) is 11.4. The quantitative estimate of drug-likeness (QED) is 0.137. The van der Waals surface area contributed by atoms with Crippen molar-refractivity contribution in [3.63, 3.8) is 0 Å². The number of anilines is 2. The Kier molecular flexibility index (Phi) is 6.99. The van der Waals surface area contributed by atoms with E-state index < -0.39 is 49.1 Å². The van der Waals surface area contributed by atoms with Gasteiger partial charge in [-0.2, -0.15) is 4.98 Å². The fourth-order valence-electron chi connectivity index (χ4n) is 4.49. The number of nitrogens with two attached hydrogens (primary N) is 2. The smallest absolute Gasteiger partial charge is 0.325 e. The zero-order valence-corrected chi connectivity index (χ0v) is 22.0. The second kappa shape index (κ2) is 10.3. The van der Waals surface area contributed by atoms with Crippen molar-refractivity contribution in [2.75, 3.05) is 31.5 Å². The molecule has 2 aliphatic rings. The van der Waals surface area contributed by atoms with E-state index in [9.17, 15) is 19.9 Å². The highest BCUT2D eigenvalue weighted by atomic mass is 32.5. The van der Waals surface area contributed by atoms with E-state index in [-0.39, 0.29) is 42.9 Å². The average molecular weight is 598 g/mol. The zero-order valence-electron chi connectivity index (χ0n) is 20.2. The summed E-state index contributed by atoms with van der Waals surface area (Å²) in [4.78, 5) is 45.4. The lowest BCUT2D eigenvalue weighted by atomic mass is 10.1. The molecule has 6 rings (SSSR count). The topological polar surface area (TPSA) is 266 Å². The Morgan fingerprint density at radius 1 is 1.15 bits per heavy atom. The van der Waals surface area contributed by atoms with Gasteiger partial charge in [0.1, 0.15) is 43.1 Å². The summed E-state index contributed by atoms with van der Waals surface area (Å²) < 4.78 is 31.0. The first-order valence-electron chi connectivity index (χ1n) is 11.6. The molecule has 4 aromatic heterocycles. The molecule has 4 aromatic rings. The highest BCUT2D eigenvalue weighted by Crippen LogP contribution is 2.48. The first-order chi connectivity index (χ1) is 19.1. The van der Waals surface area contributed by atoms with Crippen LogP contribution in [0.2, 0.25) is 0 Å². The number of hydrogen-bond acceptors (Lipinski definition) is 16. The van der Waals surface area contributed by atoms with Gasteiger partial charge >= 0.3 is 6.72 Å². The molecule has 214 valence electrons. The Bertz CT molecular complexity index is 1660. The molecule has 0 bridgehead atoms. The van der Waals surface area contributed by atoms with E-state index in [0.29, 0.717) is 11.2 Å². The standard InChI is InChI=1S/C19H23N10O9PS/c20-13-9-14(23-3-22-13)29(5-24-9)18-11(30)12-7(37-18)2-36-39(33,40)38-8(1-34-6-35-12)17(32)28-4-25-10-15(28)26-19(21)27-16(10)31/h3-5,7-8,11-12,17-18,30,32H,1-2,6H2,(H,33,40)(H2,20,22,23)(H3,21,26,27,31)/t7?,8-,11?,12?,17?,18?,39?/m0/s1. The number of H-pyrrole nitrogens is 1. The minimum atomic E-state index is -4.04. The maximum atomic E-state index is 12.1. The van der Waals surface area contributed by atoms with Crippen molar-refractivity contribution in [3.8, 4) is 0 Å². The molecule has 6 heterocycles. The Balaban J connectivity index is 1.22. The minimum absolute atomic E-state index is 0.0359. The number of aromatic amines is 1. The lowest BCUT2D eigenvalue weighted by Gasteiger charge is -2.27. The summed E-state index contributed by atoms with van der Waals surface area (Å²) in [5.74, 6) is -0.0397. The molecule has 0 aliphatic carbocycles. The summed E-state index contributed by atoms with van der Waals surface area (Å²) in [5, 5.41) is 22.1. The lowest BCUT2D eigenvalue weighted by molar-refractivity contribution is -0.145. The van der Waals surface area contributed by atoms with Gasteiger partial charge in [-0.05, 0) is 11.8 Å². The van der Waals surface area contributed by atoms with Crippen LogP contribution in [0.4, 0.5) is 11.8 Å². The van der Waals surface area contributed by atoms with E-state index >= 15 is 0 Å². The molecule has 0 spiro atoms. The van der Waals surface area contributed by atoms with Crippen molar-refractivity contribution in [3.05, 3.63) is 29.3 Å². The van der Waals surface area contributed by atoms with Crippen LogP contribution in [0.15, 0.2) is 23.8 Å². The van der Waals surface area contributed by atoms with Gasteiger partial charge in [-0.3, -0.25) is 23.4 Å². The molecule has 7 atom stereocenters. The summed E-state index contributed by atoms with van der Waals surface area (Å²) in [6, 6.07) is 0. The van der Waals surface area contributed by atoms with Gasteiger partial charge in [-0.25, -0.2) is 19.9 Å². The molecule has 8 N–H and O–H groups in total. The third-order valence-electron chi connectivity index (χ3n) is 6.34. The van der Waals surface area contributed by atoms with Crippen molar-refractivity contribution in [1.29, 1.82) is 0 Å². The number of aromatic nitrogens is 8. The monoisotopic (exact) mass is 598 g/mol. The zero-order chi connectivity index (χ0) is 28.2. The molecule has 2 fully saturated rings. The average Bonchev–Trinajstić information content (AvgIpc) is 3.60. The van der Waals surface area contributed by atoms with Gasteiger partial charge in [0.2, 0.25) is 5.95 Å². The van der Waals surface area contributed by atoms with Crippen molar-refractivity contribution in [2.24, 2.45) is 0 Å². The van der Waals surface area contributed by atoms with E-state index in [2.05, 4.69) is 29.9 Å². The maximum absolute atomic E-state index is 12.1. The van der Waals surface area contributed by atoms with E-state index in [1.54, 1.807) is 0 Å². The molecule has 0 radical (unpaired) electrons. The predicted octanol–water partition coefficient (Wildman–Crippen LogP) is -2.14. The van der Waals surface area contributed by atoms with E-state index in [1.807, 2.05) is 0 Å². The van der Waals surface area contributed by atoms with Crippen LogP contribution in [0.5, 0.6) is 0 Å². The molecule has 21 heteroatoms. The second-order valence-electron chi connectivity index (χ2n) is 8.86. The first-order valence-corrected chi connectivity index (χ1v) is 14.2. The van der Waals surface area contributed by atoms with Gasteiger partial charge in [0.05, 0.1) is 25.9 Å². The van der Waals surface area contributed by atoms with Crippen molar-refractivity contribution in [2.45, 2.75) is 36.9 Å². The Hall–Kier alpha value is -3.17. The Morgan fingerprint density at radius 3 is 2.77 bits per heavy atom. The number of hydrogen-bond donors (Lipinski definition) is 6. The van der Waals surface area contributed by atoms with E-state index in [1.165, 1.54) is 17.2 Å². The van der Waals surface area contributed by atoms with Crippen LogP contribution in [0.3, 0.4) is 0 Å². The molecule has 6 unspecified atom stereocenters. The normalized spacial score (nSPS) is 30.7. The van der Waals surface area contributed by atoms with E-state index in [4.69, 9.17) is 46.5 Å². The van der Waals surface area contributed by atoms with E-state index in [0.717, 1.165) is 10.9 Å². The SMILES string of the molecule is Nc1nc2c(ncn2C(O)[C@@H]2COCOC3C(COP(O)(=S)O2)OC(n2cnc4c(N)ncnc42)C3O)c(=O)[nH]1. The number of fused-ring (bicyclic) bond motifs is 3. The summed E-state index contributed by atoms with van der Waals surface area (Å²) in [6.07, 6.45) is -3.30. The van der Waals surface area contributed by atoms with Gasteiger partial charge in [0.25, 0.3) is 5.56 Å². The number of imidazole rings is 2. The van der Waals surface area contributed by atoms with Crippen LogP contribution < -0.4 is 17.0 Å². The molecule has 0 saturated carbocycles. The first kappa shape index (κ1) is 27.0. The lowest BCUT2D eigenvalue weighted by Crippen LogP contribution is -2.37. The maximum Gasteiger partial charge on any atom is 0.325 e. The highest BCUT2D eigenvalue weighted by Gasteiger charge is 2.47. The highest BCUT2D eigenvalue weighted by molar-refractivity contribution is 8.07. The summed E-state index contributed by atoms with van der Waals surface area (Å²) >= 11 is 5.16. The van der Waals surface area contributed by atoms with Crippen LogP contribution in [0, 0.1) is 0 Å². The van der Waals surface area contributed by atoms with Gasteiger partial charge in [0.15, 0.2) is 35.1 Å². The van der Waals surface area contributed by atoms with Gasteiger partial charge in [-0.15, -0.1) is 0 Å². The Labute approximate surface area is 227 Å². The van der Waals surface area contributed by atoms with Crippen LogP contribution >= 0.6 is 6.72 Å². The fraction of sp³-hybridized carbons (Fsp3) is 0.474. The minimum Gasteiger partial charge on any atom is -0.386 e. The number of nitrogens with one attached hydrogen (secondary N) is 1. The molecule has 2 saturated heterocycles. The molecule has 0 amide bonds.